The van der Waals surface area contributed by atoms with E-state index >= 15 is 0 Å². The van der Waals surface area contributed by atoms with Crippen LogP contribution in [0.15, 0.2) is 72.9 Å². The lowest BCUT2D eigenvalue weighted by molar-refractivity contribution is -0.111. The van der Waals surface area contributed by atoms with E-state index in [1.807, 2.05) is 56.3 Å². The van der Waals surface area contributed by atoms with Crippen molar-refractivity contribution < 1.29 is 19.0 Å². The van der Waals surface area contributed by atoms with Gasteiger partial charge in [-0.15, -0.1) is 0 Å². The molecule has 1 fully saturated rings. The van der Waals surface area contributed by atoms with E-state index in [1.165, 1.54) is 12.3 Å². The Morgan fingerprint density at radius 2 is 2.05 bits per heavy atom. The minimum absolute atomic E-state index is 0.142. The molecule has 44 heavy (non-hydrogen) atoms. The molecule has 1 amide bonds. The lowest BCUT2D eigenvalue weighted by atomic mass is 10.1. The normalized spacial score (nSPS) is 14.6. The Bertz CT molecular complexity index is 1730. The van der Waals surface area contributed by atoms with Crippen molar-refractivity contribution in [2.24, 2.45) is 0 Å². The number of nitrogens with zero attached hydrogens (tertiary/aromatic N) is 3. The summed E-state index contributed by atoms with van der Waals surface area (Å²) in [7, 11) is 3.85. The molecule has 3 aromatic carbocycles. The number of anilines is 3. The Kier molecular flexibility index (Phi) is 9.97. The molecule has 1 aliphatic heterocycles. The largest absolute Gasteiger partial charge is 0.487 e. The summed E-state index contributed by atoms with van der Waals surface area (Å²) in [5.41, 5.74) is 4.77. The highest BCUT2D eigenvalue weighted by Gasteiger charge is 2.21. The van der Waals surface area contributed by atoms with Crippen LogP contribution < -0.4 is 20.1 Å². The van der Waals surface area contributed by atoms with Crippen LogP contribution in [0.1, 0.15) is 23.1 Å². The van der Waals surface area contributed by atoms with Gasteiger partial charge in [-0.05, 0) is 56.4 Å². The molecule has 5 rings (SSSR count). The predicted molar refractivity (Wildman–Crippen MR) is 173 cm³/mol. The van der Waals surface area contributed by atoms with Crippen LogP contribution in [0.25, 0.3) is 10.9 Å². The summed E-state index contributed by atoms with van der Waals surface area (Å²) < 4.78 is 17.7. The molecule has 0 spiro atoms. The van der Waals surface area contributed by atoms with Crippen molar-refractivity contribution in [3.05, 3.63) is 94.7 Å². The lowest BCUT2D eigenvalue weighted by Crippen LogP contribution is -2.18. The predicted octanol–water partition coefficient (Wildman–Crippen LogP) is 6.61. The number of carbonyl (C=O) groups excluding carboxylic acids is 1. The number of rotatable bonds is 11. The van der Waals surface area contributed by atoms with E-state index < -0.39 is 0 Å². The summed E-state index contributed by atoms with van der Waals surface area (Å²) in [6, 6.07) is 19.2. The Balaban J connectivity index is 1.45. The van der Waals surface area contributed by atoms with Gasteiger partial charge in [0.05, 0.1) is 40.7 Å². The maximum absolute atomic E-state index is 12.8. The molecule has 1 aliphatic rings. The first-order valence-corrected chi connectivity index (χ1v) is 14.7. The van der Waals surface area contributed by atoms with Gasteiger partial charge in [0.25, 0.3) is 0 Å². The standard InChI is InChI=1S/C34H34ClN5O4/c1-22-7-4-5-8-23(22)20-43-31-11-10-25(15-28(31)35)38-34-24(18-36)19-37-29-17-32(44-26-12-14-42-21-26)30(16-27(29)34)39-33(41)9-6-13-40(2)3/h4-11,15-17,19,26H,12-14,20-21H2,1-3H3,(H,37,38)(H,39,41). The molecule has 0 bridgehead atoms. The minimum Gasteiger partial charge on any atom is -0.487 e. The molecule has 0 saturated carbocycles. The number of fused-ring (bicyclic) bond motifs is 1. The van der Waals surface area contributed by atoms with E-state index in [0.29, 0.717) is 76.4 Å². The summed E-state index contributed by atoms with van der Waals surface area (Å²) in [6.45, 7) is 4.13. The van der Waals surface area contributed by atoms with Crippen LogP contribution in [0.2, 0.25) is 5.02 Å². The molecule has 226 valence electrons. The van der Waals surface area contributed by atoms with Crippen LogP contribution in [0, 0.1) is 18.3 Å². The number of aromatic nitrogens is 1. The number of nitriles is 1. The van der Waals surface area contributed by atoms with Gasteiger partial charge in [-0.1, -0.05) is 41.9 Å². The van der Waals surface area contributed by atoms with E-state index in [2.05, 4.69) is 21.7 Å². The first kappa shape index (κ1) is 30.8. The maximum Gasteiger partial charge on any atom is 0.248 e. The van der Waals surface area contributed by atoms with Crippen molar-refractivity contribution in [3.8, 4) is 17.6 Å². The van der Waals surface area contributed by atoms with E-state index in [0.717, 1.165) is 17.5 Å². The minimum atomic E-state index is -0.300. The topological polar surface area (TPSA) is 109 Å². The van der Waals surface area contributed by atoms with Crippen molar-refractivity contribution in [3.63, 3.8) is 0 Å². The van der Waals surface area contributed by atoms with E-state index in [9.17, 15) is 10.1 Å². The monoisotopic (exact) mass is 611 g/mol. The van der Waals surface area contributed by atoms with E-state index in [4.69, 9.17) is 25.8 Å². The van der Waals surface area contributed by atoms with Crippen LogP contribution in [-0.4, -0.2) is 55.7 Å². The zero-order chi connectivity index (χ0) is 31.1. The van der Waals surface area contributed by atoms with Crippen molar-refractivity contribution >= 4 is 45.5 Å². The molecule has 4 aromatic rings. The quantitative estimate of drug-likeness (QED) is 0.182. The van der Waals surface area contributed by atoms with Gasteiger partial charge in [-0.3, -0.25) is 9.78 Å². The highest BCUT2D eigenvalue weighted by atomic mass is 35.5. The maximum atomic E-state index is 12.8. The Hall–Kier alpha value is -4.62. The number of ether oxygens (including phenoxy) is 3. The number of pyridine rings is 1. The molecule has 9 nitrogen and oxygen atoms in total. The number of halogens is 1. The van der Waals surface area contributed by atoms with Crippen molar-refractivity contribution in [1.29, 1.82) is 5.26 Å². The summed E-state index contributed by atoms with van der Waals surface area (Å²) in [4.78, 5) is 19.3. The first-order chi connectivity index (χ1) is 21.3. The fourth-order valence-electron chi connectivity index (χ4n) is 4.73. The highest BCUT2D eigenvalue weighted by Crippen LogP contribution is 2.38. The molecule has 1 aromatic heterocycles. The van der Waals surface area contributed by atoms with E-state index in [-0.39, 0.29) is 12.0 Å². The smallest absolute Gasteiger partial charge is 0.248 e. The molecular formula is C34H34ClN5O4. The van der Waals surface area contributed by atoms with Gasteiger partial charge in [0.2, 0.25) is 5.91 Å². The van der Waals surface area contributed by atoms with Gasteiger partial charge in [0.1, 0.15) is 30.3 Å². The second kappa shape index (κ2) is 14.2. The number of likely N-dealkylation sites (N-methyl/N-ethyl adjacent to an activating group) is 1. The zero-order valence-electron chi connectivity index (χ0n) is 24.9. The van der Waals surface area contributed by atoms with Crippen LogP contribution in [-0.2, 0) is 16.1 Å². The van der Waals surface area contributed by atoms with Gasteiger partial charge in [0.15, 0.2) is 0 Å². The second-order valence-electron chi connectivity index (χ2n) is 10.8. The first-order valence-electron chi connectivity index (χ1n) is 14.3. The van der Waals surface area contributed by atoms with Gasteiger partial charge in [-0.2, -0.15) is 5.26 Å². The van der Waals surface area contributed by atoms with Crippen molar-refractivity contribution in [2.75, 3.05) is 44.5 Å². The van der Waals surface area contributed by atoms with Gasteiger partial charge >= 0.3 is 0 Å². The average Bonchev–Trinajstić information content (AvgIpc) is 3.51. The zero-order valence-corrected chi connectivity index (χ0v) is 25.6. The third kappa shape index (κ3) is 7.66. The van der Waals surface area contributed by atoms with Crippen LogP contribution in [0.4, 0.5) is 17.1 Å². The Labute approximate surface area is 262 Å². The molecule has 0 aliphatic carbocycles. The second-order valence-corrected chi connectivity index (χ2v) is 11.2. The number of amides is 1. The number of aryl methyl sites for hydroxylation is 1. The van der Waals surface area contributed by atoms with Gasteiger partial charge in [0, 0.05) is 42.4 Å². The van der Waals surface area contributed by atoms with Crippen molar-refractivity contribution in [2.45, 2.75) is 26.1 Å². The third-order valence-corrected chi connectivity index (χ3v) is 7.41. The number of carbonyl (C=O) groups is 1. The molecule has 1 saturated heterocycles. The van der Waals surface area contributed by atoms with Gasteiger partial charge < -0.3 is 29.7 Å². The summed E-state index contributed by atoms with van der Waals surface area (Å²) in [5, 5.41) is 17.3. The molecule has 2 heterocycles. The average molecular weight is 612 g/mol. The molecule has 2 N–H and O–H groups in total. The van der Waals surface area contributed by atoms with Crippen LogP contribution >= 0.6 is 11.6 Å². The third-order valence-electron chi connectivity index (χ3n) is 7.11. The Morgan fingerprint density at radius 1 is 1.20 bits per heavy atom. The summed E-state index contributed by atoms with van der Waals surface area (Å²) >= 11 is 6.61. The number of hydrogen-bond donors (Lipinski definition) is 2. The number of benzene rings is 3. The van der Waals surface area contributed by atoms with Gasteiger partial charge in [-0.25, -0.2) is 0 Å². The Morgan fingerprint density at radius 3 is 2.77 bits per heavy atom. The molecule has 0 radical (unpaired) electrons. The fourth-order valence-corrected chi connectivity index (χ4v) is 4.97. The molecule has 10 heteroatoms. The lowest BCUT2D eigenvalue weighted by Gasteiger charge is -2.19. The highest BCUT2D eigenvalue weighted by molar-refractivity contribution is 6.32. The molecule has 1 unspecified atom stereocenters. The molecular weight excluding hydrogens is 578 g/mol. The number of hydrogen-bond acceptors (Lipinski definition) is 8. The van der Waals surface area contributed by atoms with Crippen molar-refractivity contribution in [1.82, 2.24) is 9.88 Å². The molecule has 1 atom stereocenters. The van der Waals surface area contributed by atoms with E-state index in [1.54, 1.807) is 30.3 Å². The SMILES string of the molecule is Cc1ccccc1COc1ccc(Nc2c(C#N)cnc3cc(OC4CCOC4)c(NC(=O)C=CCN(C)C)cc23)cc1Cl. The summed E-state index contributed by atoms with van der Waals surface area (Å²) in [5.74, 6) is 0.722. The van der Waals surface area contributed by atoms with Crippen LogP contribution in [0.5, 0.6) is 11.5 Å². The number of nitrogens with one attached hydrogen (secondary N) is 2. The van der Waals surface area contributed by atoms with Crippen LogP contribution in [0.3, 0.4) is 0 Å². The summed E-state index contributed by atoms with van der Waals surface area (Å²) in [6.07, 6.45) is 5.38. The fraction of sp³-hybridized carbons (Fsp3) is 0.265.